The summed E-state index contributed by atoms with van der Waals surface area (Å²) in [6.45, 7) is 12.3. The third kappa shape index (κ3) is 6.01. The normalized spacial score (nSPS) is 37.6. The van der Waals surface area contributed by atoms with Gasteiger partial charge in [0.05, 0.1) is 6.61 Å². The van der Waals surface area contributed by atoms with Gasteiger partial charge in [0.1, 0.15) is 6.10 Å². The van der Waals surface area contributed by atoms with Gasteiger partial charge in [-0.2, -0.15) is 0 Å². The number of carbonyl (C=O) groups is 1. The van der Waals surface area contributed by atoms with Crippen LogP contribution in [-0.4, -0.2) is 18.9 Å². The van der Waals surface area contributed by atoms with Gasteiger partial charge in [0.15, 0.2) is 0 Å². The van der Waals surface area contributed by atoms with Gasteiger partial charge in [0.2, 0.25) is 0 Å². The fraction of sp³-hybridized carbons (Fsp3) is 0.909. The SMILES string of the molecule is CCCCCCCC[C@H]1CC[C@@H]2[C@H]3CC=C4C[C@@H](OC(=O)OCCC(C)C)CC[C@]4(C)[C@@H]3CC[C@]12C. The van der Waals surface area contributed by atoms with Crippen LogP contribution in [0.5, 0.6) is 0 Å². The van der Waals surface area contributed by atoms with Crippen LogP contribution in [0, 0.1) is 40.4 Å². The lowest BCUT2D eigenvalue weighted by Crippen LogP contribution is -2.50. The second-order valence-electron chi connectivity index (χ2n) is 13.9. The zero-order valence-electron chi connectivity index (χ0n) is 24.3. The first kappa shape index (κ1) is 28.0. The largest absolute Gasteiger partial charge is 0.508 e. The van der Waals surface area contributed by atoms with E-state index in [1.54, 1.807) is 5.57 Å². The van der Waals surface area contributed by atoms with Crippen molar-refractivity contribution in [1.82, 2.24) is 0 Å². The van der Waals surface area contributed by atoms with Crippen LogP contribution in [0.4, 0.5) is 4.79 Å². The van der Waals surface area contributed by atoms with E-state index in [1.807, 2.05) is 0 Å². The van der Waals surface area contributed by atoms with Crippen molar-refractivity contribution in [3.05, 3.63) is 11.6 Å². The molecule has 0 unspecified atom stereocenters. The Labute approximate surface area is 222 Å². The topological polar surface area (TPSA) is 35.5 Å². The van der Waals surface area contributed by atoms with Gasteiger partial charge in [-0.25, -0.2) is 4.79 Å². The number of allylic oxidation sites excluding steroid dienone is 1. The molecule has 0 radical (unpaired) electrons. The van der Waals surface area contributed by atoms with Crippen molar-refractivity contribution in [2.75, 3.05) is 6.61 Å². The second-order valence-corrected chi connectivity index (χ2v) is 13.9. The highest BCUT2D eigenvalue weighted by molar-refractivity contribution is 5.60. The number of unbranched alkanes of at least 4 members (excludes halogenated alkanes) is 5. The molecule has 3 heteroatoms. The minimum Gasteiger partial charge on any atom is -0.434 e. The molecule has 0 aliphatic heterocycles. The zero-order chi connectivity index (χ0) is 25.8. The van der Waals surface area contributed by atoms with Crippen molar-refractivity contribution in [3.8, 4) is 0 Å². The van der Waals surface area contributed by atoms with Crippen LogP contribution in [0.3, 0.4) is 0 Å². The molecule has 3 nitrogen and oxygen atoms in total. The molecule has 0 saturated heterocycles. The fourth-order valence-corrected chi connectivity index (χ4v) is 9.03. The molecule has 7 atom stereocenters. The molecule has 4 aliphatic carbocycles. The van der Waals surface area contributed by atoms with Gasteiger partial charge in [0, 0.05) is 6.42 Å². The maximum atomic E-state index is 12.2. The summed E-state index contributed by atoms with van der Waals surface area (Å²) in [5.74, 6) is 4.10. The first-order valence-electron chi connectivity index (χ1n) is 15.8. The Morgan fingerprint density at radius 1 is 1.00 bits per heavy atom. The van der Waals surface area contributed by atoms with E-state index in [9.17, 15) is 4.79 Å². The molecule has 206 valence electrons. The zero-order valence-corrected chi connectivity index (χ0v) is 24.3. The molecule has 0 N–H and O–H groups in total. The first-order valence-corrected chi connectivity index (χ1v) is 15.8. The standard InChI is InChI=1S/C33H56O3/c1-6-7-8-9-10-11-12-25-14-16-29-28-15-13-26-23-27(36-31(34)35-22-19-24(2)3)17-20-33(26,5)30(28)18-21-32(25,29)4/h13,24-25,27-30H,6-12,14-23H2,1-5H3/t25-,27-,28+,29+,30+,32+,33-/m0/s1. The average Bonchev–Trinajstić information content (AvgIpc) is 3.17. The van der Waals surface area contributed by atoms with Gasteiger partial charge in [0.25, 0.3) is 0 Å². The van der Waals surface area contributed by atoms with E-state index in [-0.39, 0.29) is 6.10 Å². The maximum Gasteiger partial charge on any atom is 0.508 e. The molecular weight excluding hydrogens is 444 g/mol. The Hall–Kier alpha value is -0.990. The van der Waals surface area contributed by atoms with E-state index in [0.717, 1.165) is 49.4 Å². The van der Waals surface area contributed by atoms with Gasteiger partial charge in [-0.1, -0.05) is 84.8 Å². The van der Waals surface area contributed by atoms with Gasteiger partial charge in [-0.3, -0.25) is 0 Å². The Balaban J connectivity index is 1.32. The summed E-state index contributed by atoms with van der Waals surface area (Å²) >= 11 is 0. The molecule has 3 saturated carbocycles. The van der Waals surface area contributed by atoms with Crippen LogP contribution in [0.1, 0.15) is 137 Å². The van der Waals surface area contributed by atoms with Crippen LogP contribution in [0.25, 0.3) is 0 Å². The minimum atomic E-state index is -0.464. The molecule has 3 fully saturated rings. The molecular formula is C33H56O3. The van der Waals surface area contributed by atoms with Crippen LogP contribution in [-0.2, 0) is 9.47 Å². The van der Waals surface area contributed by atoms with Crippen molar-refractivity contribution in [1.29, 1.82) is 0 Å². The number of hydrogen-bond acceptors (Lipinski definition) is 3. The number of rotatable bonds is 11. The highest BCUT2D eigenvalue weighted by Gasteiger charge is 2.58. The molecule has 0 bridgehead atoms. The molecule has 36 heavy (non-hydrogen) atoms. The van der Waals surface area contributed by atoms with Crippen molar-refractivity contribution < 1.29 is 14.3 Å². The fourth-order valence-electron chi connectivity index (χ4n) is 9.03. The molecule has 4 aliphatic rings. The lowest BCUT2D eigenvalue weighted by molar-refractivity contribution is -0.0564. The maximum absolute atomic E-state index is 12.2. The molecule has 0 aromatic heterocycles. The van der Waals surface area contributed by atoms with E-state index in [0.29, 0.717) is 23.4 Å². The van der Waals surface area contributed by atoms with Gasteiger partial charge in [-0.15, -0.1) is 0 Å². The Morgan fingerprint density at radius 3 is 2.56 bits per heavy atom. The summed E-state index contributed by atoms with van der Waals surface area (Å²) in [5.41, 5.74) is 2.47. The van der Waals surface area contributed by atoms with E-state index in [2.05, 4.69) is 40.7 Å². The molecule has 0 heterocycles. The highest BCUT2D eigenvalue weighted by atomic mass is 16.7. The van der Waals surface area contributed by atoms with Crippen LogP contribution < -0.4 is 0 Å². The Kier molecular flexibility index (Phi) is 9.54. The quantitative estimate of drug-likeness (QED) is 0.161. The minimum absolute atomic E-state index is 0.00512. The molecule has 0 spiro atoms. The predicted molar refractivity (Wildman–Crippen MR) is 149 cm³/mol. The third-order valence-corrected chi connectivity index (χ3v) is 11.3. The summed E-state index contributed by atoms with van der Waals surface area (Å²) < 4.78 is 11.1. The predicted octanol–water partition coefficient (Wildman–Crippen LogP) is 9.88. The van der Waals surface area contributed by atoms with Gasteiger partial charge in [-0.05, 0) is 98.2 Å². The average molecular weight is 501 g/mol. The van der Waals surface area contributed by atoms with Crippen molar-refractivity contribution in [2.24, 2.45) is 40.4 Å². The Bertz CT molecular complexity index is 756. The van der Waals surface area contributed by atoms with E-state index >= 15 is 0 Å². The van der Waals surface area contributed by atoms with Gasteiger partial charge >= 0.3 is 6.16 Å². The number of ether oxygens (including phenoxy) is 2. The monoisotopic (exact) mass is 500 g/mol. The summed E-state index contributed by atoms with van der Waals surface area (Å²) in [6.07, 6.45) is 23.1. The second kappa shape index (κ2) is 12.2. The van der Waals surface area contributed by atoms with Crippen LogP contribution in [0.2, 0.25) is 0 Å². The number of hydrogen-bond donors (Lipinski definition) is 0. The van der Waals surface area contributed by atoms with Crippen molar-refractivity contribution in [2.45, 2.75) is 143 Å². The Morgan fingerprint density at radius 2 is 1.78 bits per heavy atom. The lowest BCUT2D eigenvalue weighted by atomic mass is 9.47. The molecule has 4 rings (SSSR count). The summed E-state index contributed by atoms with van der Waals surface area (Å²) in [6, 6.07) is 0. The van der Waals surface area contributed by atoms with Crippen LogP contribution in [0.15, 0.2) is 11.6 Å². The smallest absolute Gasteiger partial charge is 0.434 e. The van der Waals surface area contributed by atoms with Crippen molar-refractivity contribution in [3.63, 3.8) is 0 Å². The number of carbonyl (C=O) groups excluding carboxylic acids is 1. The summed E-state index contributed by atoms with van der Waals surface area (Å²) in [5, 5.41) is 0. The highest BCUT2D eigenvalue weighted by Crippen LogP contribution is 2.66. The van der Waals surface area contributed by atoms with E-state index in [4.69, 9.17) is 9.47 Å². The molecule has 0 aromatic rings. The third-order valence-electron chi connectivity index (χ3n) is 11.3. The van der Waals surface area contributed by atoms with Crippen LogP contribution >= 0.6 is 0 Å². The molecule has 0 amide bonds. The van der Waals surface area contributed by atoms with Gasteiger partial charge < -0.3 is 9.47 Å². The van der Waals surface area contributed by atoms with Crippen molar-refractivity contribution >= 4 is 6.16 Å². The number of fused-ring (bicyclic) bond motifs is 5. The summed E-state index contributed by atoms with van der Waals surface area (Å²) in [4.78, 5) is 12.2. The first-order chi connectivity index (χ1) is 17.3. The van der Waals surface area contributed by atoms with E-state index in [1.165, 1.54) is 77.0 Å². The van der Waals surface area contributed by atoms with E-state index < -0.39 is 6.16 Å². The summed E-state index contributed by atoms with van der Waals surface area (Å²) in [7, 11) is 0. The molecule has 0 aromatic carbocycles. The lowest BCUT2D eigenvalue weighted by Gasteiger charge is -2.58.